The van der Waals surface area contributed by atoms with E-state index in [2.05, 4.69) is 5.32 Å². The summed E-state index contributed by atoms with van der Waals surface area (Å²) in [7, 11) is 0. The SMILES string of the molecule is O=C(CCN1C(=O)C(=Cc2ccc(Cl)cc2Cl)SC1=S)Nc1cccc(F)c1. The Kier molecular flexibility index (Phi) is 6.72. The first kappa shape index (κ1) is 20.8. The topological polar surface area (TPSA) is 49.4 Å². The van der Waals surface area contributed by atoms with Gasteiger partial charge in [0.15, 0.2) is 0 Å². The van der Waals surface area contributed by atoms with Gasteiger partial charge in [-0.3, -0.25) is 14.5 Å². The lowest BCUT2D eigenvalue weighted by atomic mass is 10.2. The summed E-state index contributed by atoms with van der Waals surface area (Å²) < 4.78 is 13.5. The van der Waals surface area contributed by atoms with Gasteiger partial charge in [-0.15, -0.1) is 0 Å². The van der Waals surface area contributed by atoms with E-state index in [1.165, 1.54) is 23.1 Å². The van der Waals surface area contributed by atoms with Gasteiger partial charge >= 0.3 is 0 Å². The molecule has 0 radical (unpaired) electrons. The first-order chi connectivity index (χ1) is 13.3. The van der Waals surface area contributed by atoms with Gasteiger partial charge in [0, 0.05) is 28.7 Å². The number of hydrogen-bond donors (Lipinski definition) is 1. The maximum Gasteiger partial charge on any atom is 0.266 e. The Bertz CT molecular complexity index is 998. The Hall–Kier alpha value is -1.93. The summed E-state index contributed by atoms with van der Waals surface area (Å²) in [5, 5.41) is 3.51. The van der Waals surface area contributed by atoms with Gasteiger partial charge in [-0.2, -0.15) is 0 Å². The predicted octanol–water partition coefficient (Wildman–Crippen LogP) is 5.36. The average Bonchev–Trinajstić information content (AvgIpc) is 2.89. The van der Waals surface area contributed by atoms with E-state index in [9.17, 15) is 14.0 Å². The van der Waals surface area contributed by atoms with Gasteiger partial charge in [0.1, 0.15) is 10.1 Å². The first-order valence-electron chi connectivity index (χ1n) is 8.09. The summed E-state index contributed by atoms with van der Waals surface area (Å²) in [5.41, 5.74) is 1.00. The van der Waals surface area contributed by atoms with Crippen molar-refractivity contribution in [1.82, 2.24) is 4.90 Å². The number of benzene rings is 2. The molecule has 0 saturated carbocycles. The molecule has 1 N–H and O–H groups in total. The monoisotopic (exact) mass is 454 g/mol. The summed E-state index contributed by atoms with van der Waals surface area (Å²) in [6, 6.07) is 10.6. The molecule has 144 valence electrons. The van der Waals surface area contributed by atoms with E-state index in [1.807, 2.05) is 0 Å². The number of thiocarbonyl (C=S) groups is 1. The molecule has 0 aromatic heterocycles. The maximum absolute atomic E-state index is 13.2. The minimum atomic E-state index is -0.444. The summed E-state index contributed by atoms with van der Waals surface area (Å²) in [4.78, 5) is 26.5. The van der Waals surface area contributed by atoms with Gasteiger partial charge < -0.3 is 5.32 Å². The highest BCUT2D eigenvalue weighted by molar-refractivity contribution is 8.26. The Balaban J connectivity index is 1.63. The number of nitrogens with one attached hydrogen (secondary N) is 1. The van der Waals surface area contributed by atoms with E-state index in [0.717, 1.165) is 11.8 Å². The molecular weight excluding hydrogens is 442 g/mol. The molecule has 1 heterocycles. The van der Waals surface area contributed by atoms with Crippen LogP contribution in [0.1, 0.15) is 12.0 Å². The van der Waals surface area contributed by atoms with Crippen molar-refractivity contribution in [2.45, 2.75) is 6.42 Å². The summed E-state index contributed by atoms with van der Waals surface area (Å²) in [5.74, 6) is -1.08. The van der Waals surface area contributed by atoms with Gasteiger partial charge in [0.25, 0.3) is 5.91 Å². The maximum atomic E-state index is 13.2. The average molecular weight is 455 g/mol. The van der Waals surface area contributed by atoms with Crippen LogP contribution in [-0.4, -0.2) is 27.6 Å². The molecule has 9 heteroatoms. The van der Waals surface area contributed by atoms with Gasteiger partial charge in [-0.25, -0.2) is 4.39 Å². The lowest BCUT2D eigenvalue weighted by molar-refractivity contribution is -0.122. The Morgan fingerprint density at radius 2 is 2.04 bits per heavy atom. The third-order valence-corrected chi connectivity index (χ3v) is 5.73. The second-order valence-corrected chi connectivity index (χ2v) is 8.33. The van der Waals surface area contributed by atoms with Gasteiger partial charge in [-0.1, -0.05) is 59.3 Å². The quantitative estimate of drug-likeness (QED) is 0.487. The zero-order chi connectivity index (χ0) is 20.3. The molecule has 1 saturated heterocycles. The molecule has 4 nitrogen and oxygen atoms in total. The minimum Gasteiger partial charge on any atom is -0.326 e. The highest BCUT2D eigenvalue weighted by atomic mass is 35.5. The molecule has 0 unspecified atom stereocenters. The number of anilines is 1. The number of amides is 2. The smallest absolute Gasteiger partial charge is 0.266 e. The molecule has 2 amide bonds. The van der Waals surface area contributed by atoms with Gasteiger partial charge in [0.05, 0.1) is 4.91 Å². The predicted molar refractivity (Wildman–Crippen MR) is 116 cm³/mol. The van der Waals surface area contributed by atoms with Crippen LogP contribution in [0.4, 0.5) is 10.1 Å². The van der Waals surface area contributed by atoms with E-state index in [0.29, 0.717) is 30.5 Å². The molecule has 1 aliphatic heterocycles. The van der Waals surface area contributed by atoms with Crippen LogP contribution in [-0.2, 0) is 9.59 Å². The Morgan fingerprint density at radius 1 is 1.25 bits per heavy atom. The molecule has 0 atom stereocenters. The number of carbonyl (C=O) groups excluding carboxylic acids is 2. The zero-order valence-electron chi connectivity index (χ0n) is 14.2. The van der Waals surface area contributed by atoms with E-state index >= 15 is 0 Å². The fourth-order valence-corrected chi connectivity index (χ4v) is 4.22. The zero-order valence-corrected chi connectivity index (χ0v) is 17.4. The van der Waals surface area contributed by atoms with Crippen molar-refractivity contribution in [3.63, 3.8) is 0 Å². The highest BCUT2D eigenvalue weighted by Crippen LogP contribution is 2.34. The van der Waals surface area contributed by atoms with Gasteiger partial charge in [-0.05, 0) is 42.0 Å². The first-order valence-corrected chi connectivity index (χ1v) is 10.1. The molecule has 3 rings (SSSR count). The molecule has 0 bridgehead atoms. The molecule has 2 aromatic rings. The van der Waals surface area contributed by atoms with E-state index in [4.69, 9.17) is 35.4 Å². The van der Waals surface area contributed by atoms with Crippen LogP contribution in [0, 0.1) is 5.82 Å². The van der Waals surface area contributed by atoms with Crippen LogP contribution in [0.25, 0.3) is 6.08 Å². The van der Waals surface area contributed by atoms with Crippen LogP contribution in [0.15, 0.2) is 47.4 Å². The highest BCUT2D eigenvalue weighted by Gasteiger charge is 2.32. The second-order valence-electron chi connectivity index (χ2n) is 5.81. The molecule has 0 aliphatic carbocycles. The Morgan fingerprint density at radius 3 is 2.75 bits per heavy atom. The van der Waals surface area contributed by atoms with Crippen molar-refractivity contribution in [2.75, 3.05) is 11.9 Å². The summed E-state index contributed by atoms with van der Waals surface area (Å²) in [6.07, 6.45) is 1.67. The number of hydrogen-bond acceptors (Lipinski definition) is 4. The lowest BCUT2D eigenvalue weighted by Crippen LogP contribution is -2.31. The summed E-state index contributed by atoms with van der Waals surface area (Å²) in [6.45, 7) is 0.123. The number of carbonyl (C=O) groups is 2. The molecule has 2 aromatic carbocycles. The molecule has 28 heavy (non-hydrogen) atoms. The molecule has 0 spiro atoms. The van der Waals surface area contributed by atoms with Crippen molar-refractivity contribution in [3.05, 3.63) is 68.8 Å². The number of nitrogens with zero attached hydrogens (tertiary/aromatic N) is 1. The van der Waals surface area contributed by atoms with Crippen molar-refractivity contribution in [2.24, 2.45) is 0 Å². The van der Waals surface area contributed by atoms with E-state index < -0.39 is 5.82 Å². The lowest BCUT2D eigenvalue weighted by Gasteiger charge is -2.14. The summed E-state index contributed by atoms with van der Waals surface area (Å²) >= 11 is 18.4. The van der Waals surface area contributed by atoms with E-state index in [1.54, 1.807) is 30.3 Å². The van der Waals surface area contributed by atoms with Crippen molar-refractivity contribution in [3.8, 4) is 0 Å². The number of halogens is 3. The largest absolute Gasteiger partial charge is 0.326 e. The molecule has 1 aliphatic rings. The van der Waals surface area contributed by atoms with Gasteiger partial charge in [0.2, 0.25) is 5.91 Å². The normalized spacial score (nSPS) is 15.4. The number of rotatable bonds is 5. The van der Waals surface area contributed by atoms with Crippen molar-refractivity contribution < 1.29 is 14.0 Å². The van der Waals surface area contributed by atoms with Crippen LogP contribution >= 0.6 is 47.2 Å². The molecule has 1 fully saturated rings. The van der Waals surface area contributed by atoms with Crippen LogP contribution < -0.4 is 5.32 Å². The van der Waals surface area contributed by atoms with Crippen LogP contribution in [0.3, 0.4) is 0 Å². The van der Waals surface area contributed by atoms with Crippen molar-refractivity contribution in [1.29, 1.82) is 0 Å². The minimum absolute atomic E-state index is 0.0257. The van der Waals surface area contributed by atoms with Crippen LogP contribution in [0.2, 0.25) is 10.0 Å². The van der Waals surface area contributed by atoms with E-state index in [-0.39, 0.29) is 24.8 Å². The fraction of sp³-hybridized carbons (Fsp3) is 0.105. The van der Waals surface area contributed by atoms with Crippen LogP contribution in [0.5, 0.6) is 0 Å². The van der Waals surface area contributed by atoms with Crippen molar-refractivity contribution >= 4 is 75.1 Å². The molecular formula is C19H13Cl2FN2O2S2. The fourth-order valence-electron chi connectivity index (χ4n) is 2.46. The Labute approximate surface area is 180 Å². The third-order valence-electron chi connectivity index (χ3n) is 3.79. The number of thioether (sulfide) groups is 1. The standard InChI is InChI=1S/C19H13Cl2FN2O2S2/c20-12-5-4-11(15(21)9-12)8-16-18(26)24(19(27)28-16)7-6-17(25)23-14-3-1-2-13(22)10-14/h1-5,8-10H,6-7H2,(H,23,25). The second kappa shape index (κ2) is 9.05. The third kappa shape index (κ3) is 5.11.